The molecule has 2 N–H and O–H groups in total. The molecule has 8 nitrogen and oxygen atoms in total. The fourth-order valence-corrected chi connectivity index (χ4v) is 5.01. The highest BCUT2D eigenvalue weighted by atomic mass is 15.2. The van der Waals surface area contributed by atoms with Gasteiger partial charge in [0.25, 0.3) is 0 Å². The van der Waals surface area contributed by atoms with Crippen LogP contribution in [0.2, 0.25) is 0 Å². The minimum Gasteiger partial charge on any atom is -0.384 e. The molecular formula is C32H48N8. The first kappa shape index (κ1) is 30.0. The van der Waals surface area contributed by atoms with Gasteiger partial charge in [-0.25, -0.2) is 15.0 Å². The van der Waals surface area contributed by atoms with Crippen LogP contribution in [0.1, 0.15) is 96.0 Å². The van der Waals surface area contributed by atoms with Gasteiger partial charge in [-0.1, -0.05) is 6.07 Å². The summed E-state index contributed by atoms with van der Waals surface area (Å²) < 4.78 is 0. The summed E-state index contributed by atoms with van der Waals surface area (Å²) in [6.07, 6.45) is 7.42. The summed E-state index contributed by atoms with van der Waals surface area (Å²) in [5.74, 6) is 0.625. The molecule has 0 unspecified atom stereocenters. The van der Waals surface area contributed by atoms with Crippen molar-refractivity contribution < 1.29 is 0 Å². The number of anilines is 1. The lowest BCUT2D eigenvalue weighted by atomic mass is 10.1. The van der Waals surface area contributed by atoms with E-state index in [1.165, 1.54) is 27.9 Å². The summed E-state index contributed by atoms with van der Waals surface area (Å²) in [6.45, 7) is 26.1. The molecule has 8 heteroatoms. The van der Waals surface area contributed by atoms with Crippen LogP contribution in [-0.2, 0) is 39.3 Å². The molecule has 0 spiro atoms. The molecule has 6 rings (SSSR count). The number of pyridine rings is 2. The molecule has 3 aliphatic heterocycles. The van der Waals surface area contributed by atoms with Crippen LogP contribution in [0.5, 0.6) is 0 Å². The van der Waals surface area contributed by atoms with Crippen LogP contribution < -0.4 is 5.73 Å². The fourth-order valence-electron chi connectivity index (χ4n) is 5.01. The normalized spacial score (nSPS) is 17.3. The maximum absolute atomic E-state index is 5.66. The smallest absolute Gasteiger partial charge is 0.123 e. The second-order valence-electron chi connectivity index (χ2n) is 14.1. The lowest BCUT2D eigenvalue weighted by molar-refractivity contribution is 0.135. The Hall–Kier alpha value is -2.94. The van der Waals surface area contributed by atoms with E-state index in [-0.39, 0.29) is 16.6 Å². The zero-order valence-electron chi connectivity index (χ0n) is 26.0. The van der Waals surface area contributed by atoms with Gasteiger partial charge >= 0.3 is 0 Å². The van der Waals surface area contributed by atoms with E-state index in [1.807, 2.05) is 24.7 Å². The second kappa shape index (κ2) is 11.5. The number of rotatable bonds is 0. The maximum Gasteiger partial charge on any atom is 0.123 e. The molecule has 3 aliphatic rings. The minimum absolute atomic E-state index is 0.204. The van der Waals surface area contributed by atoms with E-state index >= 15 is 0 Å². The van der Waals surface area contributed by atoms with Crippen molar-refractivity contribution >= 4 is 5.82 Å². The third-order valence-corrected chi connectivity index (χ3v) is 7.95. The van der Waals surface area contributed by atoms with Crippen molar-refractivity contribution in [3.63, 3.8) is 0 Å². The van der Waals surface area contributed by atoms with Crippen molar-refractivity contribution in [2.75, 3.05) is 5.73 Å². The van der Waals surface area contributed by atoms with Crippen LogP contribution in [0, 0.1) is 0 Å². The summed E-state index contributed by atoms with van der Waals surface area (Å²) >= 11 is 0. The van der Waals surface area contributed by atoms with Crippen LogP contribution in [0.25, 0.3) is 0 Å². The summed E-state index contributed by atoms with van der Waals surface area (Å²) in [5.41, 5.74) is 14.1. The lowest BCUT2D eigenvalue weighted by Gasteiger charge is -2.31. The van der Waals surface area contributed by atoms with Crippen molar-refractivity contribution in [3.05, 3.63) is 76.8 Å². The predicted octanol–water partition coefficient (Wildman–Crippen LogP) is 5.56. The first-order valence-corrected chi connectivity index (χ1v) is 14.3. The molecule has 6 heterocycles. The Labute approximate surface area is 241 Å². The van der Waals surface area contributed by atoms with E-state index in [9.17, 15) is 0 Å². The van der Waals surface area contributed by atoms with Gasteiger partial charge in [0, 0.05) is 80.0 Å². The first-order chi connectivity index (χ1) is 18.6. The third kappa shape index (κ3) is 7.42. The number of nitrogen functional groups attached to an aromatic ring is 1. The molecular weight excluding hydrogens is 496 g/mol. The van der Waals surface area contributed by atoms with Crippen molar-refractivity contribution in [2.24, 2.45) is 0 Å². The summed E-state index contributed by atoms with van der Waals surface area (Å²) in [7, 11) is 0. The quantitative estimate of drug-likeness (QED) is 0.393. The molecule has 40 heavy (non-hydrogen) atoms. The van der Waals surface area contributed by atoms with Crippen molar-refractivity contribution in [1.29, 1.82) is 0 Å². The zero-order valence-corrected chi connectivity index (χ0v) is 26.0. The van der Waals surface area contributed by atoms with Crippen LogP contribution in [0.15, 0.2) is 43.1 Å². The molecule has 0 atom stereocenters. The number of nitrogens with two attached hydrogens (primary N) is 1. The number of aromatic nitrogens is 4. The van der Waals surface area contributed by atoms with Crippen molar-refractivity contribution in [2.45, 2.75) is 118 Å². The van der Waals surface area contributed by atoms with E-state index in [1.54, 1.807) is 6.33 Å². The Balaban J connectivity index is 0.000000139. The summed E-state index contributed by atoms with van der Waals surface area (Å²) in [5, 5.41) is 0. The van der Waals surface area contributed by atoms with Crippen molar-refractivity contribution in [3.8, 4) is 0 Å². The molecule has 0 bridgehead atoms. The van der Waals surface area contributed by atoms with Gasteiger partial charge in [-0.2, -0.15) is 0 Å². The van der Waals surface area contributed by atoms with Crippen molar-refractivity contribution in [1.82, 2.24) is 34.6 Å². The largest absolute Gasteiger partial charge is 0.384 e. The number of fused-ring (bicyclic) bond motifs is 3. The average Bonchev–Trinajstić information content (AvgIpc) is 3.59. The van der Waals surface area contributed by atoms with Gasteiger partial charge < -0.3 is 5.73 Å². The lowest BCUT2D eigenvalue weighted by Crippen LogP contribution is -2.36. The SMILES string of the molecule is CC(C)(C)N1Cc2ccc(N)nc2C1.CC(C)(C)N1Cc2ccncc2C1.CC(C)(C)N1Cc2cncnc2C1. The monoisotopic (exact) mass is 544 g/mol. The van der Waals surface area contributed by atoms with E-state index in [0.717, 1.165) is 45.0 Å². The number of hydrogen-bond acceptors (Lipinski definition) is 8. The topological polar surface area (TPSA) is 87.3 Å². The van der Waals surface area contributed by atoms with Gasteiger partial charge in [-0.05, 0) is 91.1 Å². The highest BCUT2D eigenvalue weighted by Gasteiger charge is 2.30. The molecule has 0 amide bonds. The molecule has 0 saturated carbocycles. The number of nitrogens with zero attached hydrogens (tertiary/aromatic N) is 7. The van der Waals surface area contributed by atoms with Gasteiger partial charge in [0.1, 0.15) is 12.1 Å². The molecule has 0 radical (unpaired) electrons. The fraction of sp³-hybridized carbons (Fsp3) is 0.562. The van der Waals surface area contributed by atoms with Gasteiger partial charge in [0.05, 0.1) is 11.4 Å². The Morgan fingerprint density at radius 2 is 1.10 bits per heavy atom. The molecule has 3 aromatic heterocycles. The average molecular weight is 545 g/mol. The third-order valence-electron chi connectivity index (χ3n) is 7.95. The molecule has 216 valence electrons. The minimum atomic E-state index is 0.204. The van der Waals surface area contributed by atoms with Crippen LogP contribution in [-0.4, -0.2) is 51.3 Å². The highest BCUT2D eigenvalue weighted by Crippen LogP contribution is 2.29. The Bertz CT molecular complexity index is 1180. The first-order valence-electron chi connectivity index (χ1n) is 14.3. The zero-order chi connectivity index (χ0) is 29.3. The summed E-state index contributed by atoms with van der Waals surface area (Å²) in [4.78, 5) is 24.1. The van der Waals surface area contributed by atoms with Gasteiger partial charge in [-0.15, -0.1) is 0 Å². The van der Waals surface area contributed by atoms with E-state index in [0.29, 0.717) is 5.82 Å². The van der Waals surface area contributed by atoms with Crippen LogP contribution in [0.4, 0.5) is 5.82 Å². The number of hydrogen-bond donors (Lipinski definition) is 1. The predicted molar refractivity (Wildman–Crippen MR) is 162 cm³/mol. The second-order valence-corrected chi connectivity index (χ2v) is 14.1. The van der Waals surface area contributed by atoms with E-state index in [4.69, 9.17) is 5.73 Å². The Morgan fingerprint density at radius 1 is 0.575 bits per heavy atom. The van der Waals surface area contributed by atoms with Gasteiger partial charge in [0.15, 0.2) is 0 Å². The van der Waals surface area contributed by atoms with Gasteiger partial charge in [-0.3, -0.25) is 19.7 Å². The van der Waals surface area contributed by atoms with E-state index < -0.39 is 0 Å². The summed E-state index contributed by atoms with van der Waals surface area (Å²) in [6, 6.07) is 6.09. The highest BCUT2D eigenvalue weighted by molar-refractivity contribution is 5.36. The Kier molecular flexibility index (Phi) is 8.64. The molecule has 0 saturated heterocycles. The Morgan fingerprint density at radius 3 is 1.70 bits per heavy atom. The van der Waals surface area contributed by atoms with Gasteiger partial charge in [0.2, 0.25) is 0 Å². The molecule has 0 fully saturated rings. The molecule has 0 aliphatic carbocycles. The molecule has 3 aromatic rings. The van der Waals surface area contributed by atoms with Crippen LogP contribution in [0.3, 0.4) is 0 Å². The standard InChI is InChI=1S/C11H17N3.C11H16N2.C10H15N3/c1-11(2,3)14-6-8-4-5-10(12)13-9(8)7-14;1-11(2,3)13-7-9-4-5-12-6-10(9)8-13;1-10(2,3)13-5-8-4-11-7-12-9(8)6-13/h4-5H,6-7H2,1-3H3,(H2,12,13);4-6H,7-8H2,1-3H3;4,7H,5-6H2,1-3H3. The molecule has 0 aromatic carbocycles. The van der Waals surface area contributed by atoms with Crippen LogP contribution >= 0.6 is 0 Å². The van der Waals surface area contributed by atoms with E-state index in [2.05, 4.69) is 109 Å². The maximum atomic E-state index is 5.66.